The molecule has 0 saturated heterocycles. The summed E-state index contributed by atoms with van der Waals surface area (Å²) < 4.78 is 2.06. The lowest BCUT2D eigenvalue weighted by atomic mass is 9.84. The molecular formula is C22H29ClN4OS. The fraction of sp³-hybridized carbons (Fsp3) is 0.591. The highest BCUT2D eigenvalue weighted by Crippen LogP contribution is 2.32. The molecule has 0 aliphatic heterocycles. The summed E-state index contributed by atoms with van der Waals surface area (Å²) >= 11 is 8.03. The fourth-order valence-electron chi connectivity index (χ4n) is 4.13. The number of nitrogens with one attached hydrogen (secondary N) is 1. The minimum absolute atomic E-state index is 0.126. The maximum Gasteiger partial charge on any atom is 0.223 e. The van der Waals surface area contributed by atoms with Gasteiger partial charge in [-0.15, -0.1) is 10.2 Å². The van der Waals surface area contributed by atoms with Crippen molar-refractivity contribution in [2.24, 2.45) is 11.8 Å². The summed E-state index contributed by atoms with van der Waals surface area (Å²) in [6, 6.07) is 7.54. The fourth-order valence-corrected chi connectivity index (χ4v) is 5.45. The normalized spacial score (nSPS) is 19.0. The number of halogens is 1. The van der Waals surface area contributed by atoms with Crippen LogP contribution in [-0.2, 0) is 4.79 Å². The lowest BCUT2D eigenvalue weighted by Crippen LogP contribution is -2.36. The topological polar surface area (TPSA) is 59.8 Å². The molecule has 7 heteroatoms. The zero-order chi connectivity index (χ0) is 20.2. The zero-order valence-electron chi connectivity index (χ0n) is 16.9. The molecule has 2 aliphatic rings. The molecule has 4 rings (SSSR count). The first-order valence-electron chi connectivity index (χ1n) is 10.8. The van der Waals surface area contributed by atoms with Crippen LogP contribution in [0.3, 0.4) is 0 Å². The minimum Gasteiger partial charge on any atom is -0.346 e. The minimum atomic E-state index is -0.210. The third-order valence-electron chi connectivity index (χ3n) is 6.12. The van der Waals surface area contributed by atoms with Crippen LogP contribution in [0.4, 0.5) is 0 Å². The Hall–Kier alpha value is -1.53. The van der Waals surface area contributed by atoms with Crippen molar-refractivity contribution >= 4 is 29.3 Å². The quantitative estimate of drug-likeness (QED) is 0.581. The summed E-state index contributed by atoms with van der Waals surface area (Å²) in [5.74, 6) is 2.84. The van der Waals surface area contributed by atoms with Gasteiger partial charge >= 0.3 is 0 Å². The van der Waals surface area contributed by atoms with Crippen LogP contribution in [0.1, 0.15) is 70.2 Å². The Morgan fingerprint density at radius 2 is 2.00 bits per heavy atom. The van der Waals surface area contributed by atoms with E-state index < -0.39 is 0 Å². The molecule has 5 nitrogen and oxygen atoms in total. The van der Waals surface area contributed by atoms with E-state index >= 15 is 0 Å². The standard InChI is InChI=1S/C22H29ClN4OS/c1-15(24-21(28)17-9-5-10-17)20-25-26-22(29-14-16-7-3-2-4-8-16)27(20)19-12-6-11-18(23)13-19/h6,11-13,15-17H,2-5,7-10,14H2,1H3,(H,24,28)/t15-/m1/s1. The van der Waals surface area contributed by atoms with E-state index in [0.717, 1.165) is 47.6 Å². The SMILES string of the molecule is C[C@@H](NC(=O)C1CCC1)c1nnc(SCC2CCCCC2)n1-c1cccc(Cl)c1. The molecule has 1 atom stereocenters. The molecule has 2 fully saturated rings. The molecule has 0 unspecified atom stereocenters. The Kier molecular flexibility index (Phi) is 6.81. The average molecular weight is 433 g/mol. The van der Waals surface area contributed by atoms with Gasteiger partial charge in [-0.05, 0) is 56.7 Å². The van der Waals surface area contributed by atoms with Crippen LogP contribution < -0.4 is 5.32 Å². The smallest absolute Gasteiger partial charge is 0.223 e. The predicted octanol–water partition coefficient (Wildman–Crippen LogP) is 5.57. The molecule has 2 aromatic rings. The Morgan fingerprint density at radius 3 is 2.69 bits per heavy atom. The summed E-state index contributed by atoms with van der Waals surface area (Å²) in [5.41, 5.74) is 0.938. The first kappa shape index (κ1) is 20.7. The van der Waals surface area contributed by atoms with Gasteiger partial charge in [-0.1, -0.05) is 55.1 Å². The molecule has 1 aromatic heterocycles. The van der Waals surface area contributed by atoms with E-state index in [1.54, 1.807) is 11.8 Å². The molecule has 1 amide bonds. The second kappa shape index (κ2) is 9.52. The molecular weight excluding hydrogens is 404 g/mol. The molecule has 29 heavy (non-hydrogen) atoms. The number of nitrogens with zero attached hydrogens (tertiary/aromatic N) is 3. The zero-order valence-corrected chi connectivity index (χ0v) is 18.5. The van der Waals surface area contributed by atoms with Crippen LogP contribution in [0, 0.1) is 11.8 Å². The largest absolute Gasteiger partial charge is 0.346 e. The number of carbonyl (C=O) groups is 1. The third-order valence-corrected chi connectivity index (χ3v) is 7.52. The van der Waals surface area contributed by atoms with Gasteiger partial charge in [0.05, 0.1) is 11.7 Å². The van der Waals surface area contributed by atoms with E-state index in [9.17, 15) is 4.79 Å². The maximum atomic E-state index is 12.5. The van der Waals surface area contributed by atoms with Gasteiger partial charge in [0, 0.05) is 16.7 Å². The van der Waals surface area contributed by atoms with Crippen molar-refractivity contribution in [3.8, 4) is 5.69 Å². The highest BCUT2D eigenvalue weighted by Gasteiger charge is 2.28. The van der Waals surface area contributed by atoms with Gasteiger partial charge in [-0.25, -0.2) is 0 Å². The molecule has 0 spiro atoms. The number of aromatic nitrogens is 3. The third kappa shape index (κ3) is 4.97. The second-order valence-corrected chi connectivity index (χ2v) is 9.75. The summed E-state index contributed by atoms with van der Waals surface area (Å²) in [6.45, 7) is 1.98. The Morgan fingerprint density at radius 1 is 1.21 bits per heavy atom. The molecule has 2 aliphatic carbocycles. The molecule has 0 bridgehead atoms. The number of benzene rings is 1. The van der Waals surface area contributed by atoms with Crippen LogP contribution in [0.5, 0.6) is 0 Å². The van der Waals surface area contributed by atoms with Crippen molar-refractivity contribution in [1.29, 1.82) is 0 Å². The Bertz CT molecular complexity index is 845. The first-order valence-corrected chi connectivity index (χ1v) is 12.1. The molecule has 0 radical (unpaired) electrons. The van der Waals surface area contributed by atoms with Crippen molar-refractivity contribution in [3.63, 3.8) is 0 Å². The molecule has 156 valence electrons. The Balaban J connectivity index is 1.56. The van der Waals surface area contributed by atoms with Gasteiger partial charge in [-0.3, -0.25) is 9.36 Å². The Labute approximate surface area is 182 Å². The summed E-state index contributed by atoms with van der Waals surface area (Å²) in [4.78, 5) is 12.5. The number of amides is 1. The van der Waals surface area contributed by atoms with E-state index in [1.807, 2.05) is 31.2 Å². The van der Waals surface area contributed by atoms with Crippen LogP contribution >= 0.6 is 23.4 Å². The number of thioether (sulfide) groups is 1. The number of carbonyl (C=O) groups excluding carboxylic acids is 1. The van der Waals surface area contributed by atoms with Crippen LogP contribution in [0.2, 0.25) is 5.02 Å². The van der Waals surface area contributed by atoms with Crippen molar-refractivity contribution in [2.75, 3.05) is 5.75 Å². The number of hydrogen-bond acceptors (Lipinski definition) is 4. The van der Waals surface area contributed by atoms with Gasteiger partial charge in [0.1, 0.15) is 0 Å². The van der Waals surface area contributed by atoms with Crippen molar-refractivity contribution in [1.82, 2.24) is 20.1 Å². The van der Waals surface area contributed by atoms with Crippen LogP contribution in [0.25, 0.3) is 5.69 Å². The van der Waals surface area contributed by atoms with E-state index in [4.69, 9.17) is 11.6 Å². The lowest BCUT2D eigenvalue weighted by molar-refractivity contribution is -0.128. The van der Waals surface area contributed by atoms with Gasteiger partial charge in [-0.2, -0.15) is 0 Å². The monoisotopic (exact) mass is 432 g/mol. The van der Waals surface area contributed by atoms with Crippen LogP contribution in [-0.4, -0.2) is 26.4 Å². The van der Waals surface area contributed by atoms with Crippen LogP contribution in [0.15, 0.2) is 29.4 Å². The summed E-state index contributed by atoms with van der Waals surface area (Å²) in [6.07, 6.45) is 9.76. The van der Waals surface area contributed by atoms with Gasteiger partial charge in [0.25, 0.3) is 0 Å². The van der Waals surface area contributed by atoms with Crippen molar-refractivity contribution in [3.05, 3.63) is 35.1 Å². The van der Waals surface area contributed by atoms with Gasteiger partial charge in [0.15, 0.2) is 11.0 Å². The highest BCUT2D eigenvalue weighted by molar-refractivity contribution is 7.99. The summed E-state index contributed by atoms with van der Waals surface area (Å²) in [7, 11) is 0. The second-order valence-electron chi connectivity index (χ2n) is 8.33. The first-order chi connectivity index (χ1) is 14.1. The molecule has 2 saturated carbocycles. The van der Waals surface area contributed by atoms with Gasteiger partial charge < -0.3 is 5.32 Å². The molecule has 1 aromatic carbocycles. The van der Waals surface area contributed by atoms with Crippen molar-refractivity contribution in [2.45, 2.75) is 69.5 Å². The van der Waals surface area contributed by atoms with E-state index in [2.05, 4.69) is 20.1 Å². The summed E-state index contributed by atoms with van der Waals surface area (Å²) in [5, 5.41) is 13.7. The van der Waals surface area contributed by atoms with E-state index in [0.29, 0.717) is 5.02 Å². The molecule has 1 N–H and O–H groups in total. The number of hydrogen-bond donors (Lipinski definition) is 1. The average Bonchev–Trinajstić information content (AvgIpc) is 3.10. The van der Waals surface area contributed by atoms with Gasteiger partial charge in [0.2, 0.25) is 5.91 Å². The van der Waals surface area contributed by atoms with E-state index in [-0.39, 0.29) is 17.9 Å². The highest BCUT2D eigenvalue weighted by atomic mass is 35.5. The number of rotatable bonds is 7. The lowest BCUT2D eigenvalue weighted by Gasteiger charge is -2.26. The van der Waals surface area contributed by atoms with Crippen molar-refractivity contribution < 1.29 is 4.79 Å². The predicted molar refractivity (Wildman–Crippen MR) is 118 cm³/mol. The van der Waals surface area contributed by atoms with E-state index in [1.165, 1.54) is 32.1 Å². The molecule has 1 heterocycles. The maximum absolute atomic E-state index is 12.5.